The Morgan fingerprint density at radius 1 is 0.232 bits per heavy atom. The van der Waals surface area contributed by atoms with Crippen LogP contribution in [0.4, 0.5) is 0 Å². The van der Waals surface area contributed by atoms with Gasteiger partial charge >= 0.3 is 0 Å². The molecule has 0 saturated heterocycles. The van der Waals surface area contributed by atoms with Gasteiger partial charge in [-0.2, -0.15) is 0 Å². The maximum atomic E-state index is 6.46. The highest BCUT2D eigenvalue weighted by molar-refractivity contribution is 6.14. The number of hydrogen-bond donors (Lipinski definition) is 0. The topological polar surface area (TPSA) is 74.8 Å². The van der Waals surface area contributed by atoms with Crippen molar-refractivity contribution in [3.05, 3.63) is 273 Å². The standard InChI is InChI=1S/C75H45N5O2/c1-4-18-46(19-5-1)49-34-38-66-62(40-49)63-45-53(79-64-28-14-10-24-54(64)55-25-11-15-29-65(55)79)35-39-67(63)80(66)72-60(47-20-6-2-7-21-47)41-52(42-61(72)48-22-8-3-9-23-48)75-77-73(50-32-36-58-56-26-12-16-30-68(56)81-70(58)43-50)76-74(78-75)51-33-37-59-57-27-13-17-31-69(57)82-71(59)44-51/h1-45H. The Labute approximate surface area is 469 Å². The molecule has 82 heavy (non-hydrogen) atoms. The molecule has 0 atom stereocenters. The van der Waals surface area contributed by atoms with Crippen LogP contribution in [-0.2, 0) is 0 Å². The predicted molar refractivity (Wildman–Crippen MR) is 336 cm³/mol. The van der Waals surface area contributed by atoms with Crippen molar-refractivity contribution in [1.29, 1.82) is 0 Å². The summed E-state index contributed by atoms with van der Waals surface area (Å²) in [5.41, 5.74) is 18.7. The summed E-state index contributed by atoms with van der Waals surface area (Å²) in [6, 6.07) is 96.8. The zero-order valence-corrected chi connectivity index (χ0v) is 44.0. The van der Waals surface area contributed by atoms with E-state index < -0.39 is 0 Å². The Bertz CT molecular complexity index is 5160. The molecule has 0 bridgehead atoms. The van der Waals surface area contributed by atoms with Gasteiger partial charge in [0.15, 0.2) is 17.5 Å². The fraction of sp³-hybridized carbons (Fsp3) is 0. The summed E-state index contributed by atoms with van der Waals surface area (Å²) in [4.78, 5) is 16.2. The third-order valence-corrected chi connectivity index (χ3v) is 16.4. The van der Waals surface area contributed by atoms with Crippen molar-refractivity contribution in [2.45, 2.75) is 0 Å². The summed E-state index contributed by atoms with van der Waals surface area (Å²) < 4.78 is 17.8. The number of aromatic nitrogens is 5. The maximum absolute atomic E-state index is 6.46. The van der Waals surface area contributed by atoms with Gasteiger partial charge < -0.3 is 18.0 Å². The van der Waals surface area contributed by atoms with Gasteiger partial charge in [0.1, 0.15) is 22.3 Å². The molecule has 382 valence electrons. The van der Waals surface area contributed by atoms with Crippen LogP contribution in [0.25, 0.3) is 166 Å². The van der Waals surface area contributed by atoms with Gasteiger partial charge in [-0.05, 0) is 113 Å². The van der Waals surface area contributed by atoms with E-state index in [1.807, 2.05) is 48.5 Å². The van der Waals surface area contributed by atoms with Crippen LogP contribution in [0.5, 0.6) is 0 Å². The predicted octanol–water partition coefficient (Wildman–Crippen LogP) is 19.9. The van der Waals surface area contributed by atoms with Gasteiger partial charge in [-0.3, -0.25) is 0 Å². The molecule has 0 aliphatic carbocycles. The zero-order chi connectivity index (χ0) is 53.8. The molecule has 7 nitrogen and oxygen atoms in total. The lowest BCUT2D eigenvalue weighted by molar-refractivity contribution is 0.668. The van der Waals surface area contributed by atoms with Crippen LogP contribution in [0.1, 0.15) is 0 Å². The average molecular weight is 1050 g/mol. The summed E-state index contributed by atoms with van der Waals surface area (Å²) in [7, 11) is 0. The highest BCUT2D eigenvalue weighted by Crippen LogP contribution is 2.46. The van der Waals surface area contributed by atoms with Crippen molar-refractivity contribution in [3.63, 3.8) is 0 Å². The van der Waals surface area contributed by atoms with Gasteiger partial charge in [-0.15, -0.1) is 0 Å². The molecule has 0 N–H and O–H groups in total. The van der Waals surface area contributed by atoms with Crippen LogP contribution in [0, 0.1) is 0 Å². The maximum Gasteiger partial charge on any atom is 0.164 e. The van der Waals surface area contributed by atoms with E-state index in [0.29, 0.717) is 17.5 Å². The summed E-state index contributed by atoms with van der Waals surface area (Å²) in [5, 5.41) is 8.93. The van der Waals surface area contributed by atoms with E-state index in [1.54, 1.807) is 0 Å². The number of rotatable bonds is 8. The Kier molecular flexibility index (Phi) is 10.2. The second-order valence-corrected chi connectivity index (χ2v) is 21.1. The minimum atomic E-state index is 0.523. The molecule has 17 rings (SSSR count). The van der Waals surface area contributed by atoms with Gasteiger partial charge in [-0.25, -0.2) is 15.0 Å². The molecule has 0 spiro atoms. The van der Waals surface area contributed by atoms with Crippen LogP contribution >= 0.6 is 0 Å². The molecule has 17 aromatic rings. The Hall–Kier alpha value is -11.2. The van der Waals surface area contributed by atoms with Gasteiger partial charge in [-0.1, -0.05) is 182 Å². The van der Waals surface area contributed by atoms with E-state index in [-0.39, 0.29) is 0 Å². The van der Waals surface area contributed by atoms with Gasteiger partial charge in [0, 0.05) is 76.6 Å². The summed E-state index contributed by atoms with van der Waals surface area (Å²) in [5.74, 6) is 1.57. The smallest absolute Gasteiger partial charge is 0.164 e. The lowest BCUT2D eigenvalue weighted by atomic mass is 9.92. The van der Waals surface area contributed by atoms with Crippen LogP contribution in [-0.4, -0.2) is 24.1 Å². The molecule has 0 fully saturated rings. The largest absolute Gasteiger partial charge is 0.456 e. The average Bonchev–Trinajstić information content (AvgIpc) is 4.21. The van der Waals surface area contributed by atoms with E-state index in [9.17, 15) is 0 Å². The molecule has 0 aliphatic rings. The Morgan fingerprint density at radius 2 is 0.634 bits per heavy atom. The number of fused-ring (bicyclic) bond motifs is 12. The van der Waals surface area contributed by atoms with Crippen molar-refractivity contribution in [2.24, 2.45) is 0 Å². The van der Waals surface area contributed by atoms with Crippen molar-refractivity contribution < 1.29 is 8.83 Å². The van der Waals surface area contributed by atoms with Gasteiger partial charge in [0.25, 0.3) is 0 Å². The molecule has 0 saturated carbocycles. The molecular weight excluding hydrogens is 1000 g/mol. The van der Waals surface area contributed by atoms with Crippen molar-refractivity contribution in [3.8, 4) is 78.9 Å². The normalized spacial score (nSPS) is 11.9. The summed E-state index contributed by atoms with van der Waals surface area (Å²) in [6.45, 7) is 0. The van der Waals surface area contributed by atoms with Gasteiger partial charge in [0.2, 0.25) is 0 Å². The fourth-order valence-corrected chi connectivity index (χ4v) is 12.6. The Morgan fingerprint density at radius 3 is 1.17 bits per heavy atom. The second kappa shape index (κ2) is 18.2. The monoisotopic (exact) mass is 1050 g/mol. The molecule has 12 aromatic carbocycles. The number of hydrogen-bond acceptors (Lipinski definition) is 5. The van der Waals surface area contributed by atoms with Crippen LogP contribution in [0.15, 0.2) is 282 Å². The van der Waals surface area contributed by atoms with Crippen molar-refractivity contribution in [1.82, 2.24) is 24.1 Å². The summed E-state index contributed by atoms with van der Waals surface area (Å²) in [6.07, 6.45) is 0. The Balaban J connectivity index is 0.939. The van der Waals surface area contributed by atoms with E-state index in [1.165, 1.54) is 21.8 Å². The SMILES string of the molecule is c1ccc(-c2ccc3c(c2)c2cc(-n4c5ccccc5c5ccccc54)ccc2n3-c2c(-c3ccccc3)cc(-c3nc(-c4ccc5c(c4)oc4ccccc45)nc(-c4ccc5c(c4)oc4ccccc45)n3)cc2-c2ccccc2)cc1. The molecule has 0 radical (unpaired) electrons. The first kappa shape index (κ1) is 45.8. The third-order valence-electron chi connectivity index (χ3n) is 16.4. The fourth-order valence-electron chi connectivity index (χ4n) is 12.6. The molecule has 0 amide bonds. The second-order valence-electron chi connectivity index (χ2n) is 21.1. The molecule has 0 unspecified atom stereocenters. The van der Waals surface area contributed by atoms with Crippen molar-refractivity contribution in [2.75, 3.05) is 0 Å². The first-order valence-electron chi connectivity index (χ1n) is 27.6. The van der Waals surface area contributed by atoms with Crippen LogP contribution in [0.2, 0.25) is 0 Å². The molecule has 0 aliphatic heterocycles. The number of benzene rings is 12. The van der Waals surface area contributed by atoms with E-state index in [2.05, 4.69) is 234 Å². The highest BCUT2D eigenvalue weighted by atomic mass is 16.3. The number of furan rings is 2. The first-order chi connectivity index (χ1) is 40.6. The van der Waals surface area contributed by atoms with Gasteiger partial charge in [0.05, 0.1) is 27.8 Å². The molecule has 7 heteroatoms. The van der Waals surface area contributed by atoms with E-state index >= 15 is 0 Å². The van der Waals surface area contributed by atoms with E-state index in [0.717, 1.165) is 127 Å². The lowest BCUT2D eigenvalue weighted by Crippen LogP contribution is -2.04. The zero-order valence-electron chi connectivity index (χ0n) is 44.0. The first-order valence-corrected chi connectivity index (χ1v) is 27.6. The highest BCUT2D eigenvalue weighted by Gasteiger charge is 2.25. The minimum Gasteiger partial charge on any atom is -0.456 e. The number of para-hydroxylation sites is 4. The van der Waals surface area contributed by atoms with Crippen LogP contribution < -0.4 is 0 Å². The van der Waals surface area contributed by atoms with Crippen LogP contribution in [0.3, 0.4) is 0 Å². The third kappa shape index (κ3) is 7.27. The molecule has 5 aromatic heterocycles. The quantitative estimate of drug-likeness (QED) is 0.152. The minimum absolute atomic E-state index is 0.523. The molecule has 5 heterocycles. The number of nitrogens with zero attached hydrogens (tertiary/aromatic N) is 5. The van der Waals surface area contributed by atoms with E-state index in [4.69, 9.17) is 23.8 Å². The molecular formula is C75H45N5O2. The van der Waals surface area contributed by atoms with Crippen molar-refractivity contribution >= 4 is 87.5 Å². The lowest BCUT2D eigenvalue weighted by Gasteiger charge is -2.21. The summed E-state index contributed by atoms with van der Waals surface area (Å²) >= 11 is 0.